The zero-order chi connectivity index (χ0) is 13.5. The number of rotatable bonds is 1. The van der Waals surface area contributed by atoms with Gasteiger partial charge >= 0.3 is 6.18 Å². The molecule has 0 aromatic carbocycles. The third-order valence-corrected chi connectivity index (χ3v) is 2.79. The van der Waals surface area contributed by atoms with Gasteiger partial charge in [0.05, 0.1) is 6.61 Å². The average Bonchev–Trinajstić information content (AvgIpc) is 2.19. The van der Waals surface area contributed by atoms with Gasteiger partial charge in [0.2, 0.25) is 0 Å². The zero-order valence-electron chi connectivity index (χ0n) is 10.2. The van der Waals surface area contributed by atoms with Crippen molar-refractivity contribution in [2.45, 2.75) is 51.4 Å². The zero-order valence-corrected chi connectivity index (χ0v) is 10.2. The Bertz CT molecular complexity index is 322. The Balaban J connectivity index is 3.14. The highest BCUT2D eigenvalue weighted by Crippen LogP contribution is 2.45. The molecule has 100 valence electrons. The lowest BCUT2D eigenvalue weighted by Crippen LogP contribution is -2.62. The lowest BCUT2D eigenvalue weighted by atomic mass is 9.91. The molecule has 1 rings (SSSR count). The van der Waals surface area contributed by atoms with Crippen LogP contribution >= 0.6 is 0 Å². The van der Waals surface area contributed by atoms with Crippen LogP contribution in [0.1, 0.15) is 27.7 Å². The smallest absolute Gasteiger partial charge is 0.347 e. The van der Waals surface area contributed by atoms with E-state index < -0.39 is 30.3 Å². The summed E-state index contributed by atoms with van der Waals surface area (Å²) in [6, 6.07) is 0. The van der Waals surface area contributed by atoms with Gasteiger partial charge in [0.15, 0.2) is 5.79 Å². The highest BCUT2D eigenvalue weighted by Gasteiger charge is 2.65. The minimum absolute atomic E-state index is 0.196. The molecule has 0 spiro atoms. The second-order valence-electron chi connectivity index (χ2n) is 4.58. The molecule has 1 aliphatic heterocycles. The molecule has 0 bridgehead atoms. The first-order chi connectivity index (χ1) is 7.53. The van der Waals surface area contributed by atoms with Gasteiger partial charge in [-0.15, -0.1) is 0 Å². The van der Waals surface area contributed by atoms with Gasteiger partial charge in [-0.3, -0.25) is 0 Å². The van der Waals surface area contributed by atoms with Gasteiger partial charge in [0.25, 0.3) is 5.67 Å². The van der Waals surface area contributed by atoms with E-state index in [2.05, 4.69) is 0 Å². The Morgan fingerprint density at radius 1 is 1.35 bits per heavy atom. The molecule has 0 aromatic heterocycles. The summed E-state index contributed by atoms with van der Waals surface area (Å²) in [5.74, 6) is -1.23. The fourth-order valence-electron chi connectivity index (χ4n) is 1.60. The van der Waals surface area contributed by atoms with Crippen molar-refractivity contribution >= 4 is 0 Å². The summed E-state index contributed by atoms with van der Waals surface area (Å²) in [6.07, 6.45) is -5.29. The van der Waals surface area contributed by atoms with Crippen LogP contribution in [0.5, 0.6) is 0 Å². The normalized spacial score (nSPS) is 34.8. The fourth-order valence-corrected chi connectivity index (χ4v) is 1.60. The molecule has 1 saturated heterocycles. The molecule has 0 saturated carbocycles. The Morgan fingerprint density at radius 2 is 1.88 bits per heavy atom. The van der Waals surface area contributed by atoms with Crippen LogP contribution in [0.25, 0.3) is 0 Å². The number of halogens is 4. The maximum absolute atomic E-state index is 14.1. The molecule has 0 radical (unpaired) electrons. The highest BCUT2D eigenvalue weighted by atomic mass is 19.4. The summed E-state index contributed by atoms with van der Waals surface area (Å²) >= 11 is 0. The first kappa shape index (κ1) is 14.4. The van der Waals surface area contributed by atoms with E-state index in [0.717, 1.165) is 0 Å². The SMILES string of the molecule is C/C=C(\C)[C@H]1OC(C)(C)OC[C@@]1(F)C(F)(F)F. The van der Waals surface area contributed by atoms with Crippen LogP contribution in [-0.2, 0) is 9.47 Å². The molecule has 1 heterocycles. The van der Waals surface area contributed by atoms with Crippen LogP contribution < -0.4 is 0 Å². The number of alkyl halides is 4. The van der Waals surface area contributed by atoms with Crippen molar-refractivity contribution in [3.8, 4) is 0 Å². The second-order valence-corrected chi connectivity index (χ2v) is 4.58. The van der Waals surface area contributed by atoms with E-state index in [9.17, 15) is 17.6 Å². The van der Waals surface area contributed by atoms with E-state index in [4.69, 9.17) is 9.47 Å². The monoisotopic (exact) mass is 256 g/mol. The van der Waals surface area contributed by atoms with Gasteiger partial charge in [-0.1, -0.05) is 6.08 Å². The summed E-state index contributed by atoms with van der Waals surface area (Å²) in [5, 5.41) is 0. The van der Waals surface area contributed by atoms with Crippen LogP contribution in [0, 0.1) is 0 Å². The van der Waals surface area contributed by atoms with Gasteiger partial charge in [0, 0.05) is 0 Å². The summed E-state index contributed by atoms with van der Waals surface area (Å²) in [4.78, 5) is 0. The molecule has 0 unspecified atom stereocenters. The molecule has 1 fully saturated rings. The predicted octanol–water partition coefficient (Wildman–Crippen LogP) is 3.37. The molecule has 0 aromatic rings. The standard InChI is InChI=1S/C11H16F4O2/c1-5-7(2)8-10(12,11(13,14)15)6-16-9(3,4)17-8/h5,8H,6H2,1-4H3/b7-5+/t8-,10+/m1/s1. The van der Waals surface area contributed by atoms with E-state index in [1.54, 1.807) is 0 Å². The third-order valence-electron chi connectivity index (χ3n) is 2.79. The first-order valence-electron chi connectivity index (χ1n) is 5.24. The quantitative estimate of drug-likeness (QED) is 0.529. The Hall–Kier alpha value is -0.620. The van der Waals surface area contributed by atoms with E-state index in [1.165, 1.54) is 33.8 Å². The van der Waals surface area contributed by atoms with E-state index in [0.29, 0.717) is 0 Å². The Kier molecular flexibility index (Phi) is 3.60. The summed E-state index contributed by atoms with van der Waals surface area (Å²) in [5.41, 5.74) is -3.31. The predicted molar refractivity (Wildman–Crippen MR) is 54.2 cm³/mol. The average molecular weight is 256 g/mol. The summed E-state index contributed by atoms with van der Waals surface area (Å²) in [7, 11) is 0. The molecule has 2 nitrogen and oxygen atoms in total. The van der Waals surface area contributed by atoms with E-state index in [-0.39, 0.29) is 5.57 Å². The van der Waals surface area contributed by atoms with Crippen LogP contribution in [0.15, 0.2) is 11.6 Å². The minimum atomic E-state index is -5.03. The van der Waals surface area contributed by atoms with Crippen LogP contribution in [0.2, 0.25) is 0 Å². The molecular weight excluding hydrogens is 240 g/mol. The minimum Gasteiger partial charge on any atom is -0.347 e. The van der Waals surface area contributed by atoms with Gasteiger partial charge in [0.1, 0.15) is 6.10 Å². The lowest BCUT2D eigenvalue weighted by molar-refractivity contribution is -0.367. The van der Waals surface area contributed by atoms with Gasteiger partial charge < -0.3 is 9.47 Å². The topological polar surface area (TPSA) is 18.5 Å². The summed E-state index contributed by atoms with van der Waals surface area (Å²) < 4.78 is 62.3. The maximum Gasteiger partial charge on any atom is 0.427 e. The van der Waals surface area contributed by atoms with Crippen LogP contribution in [0.4, 0.5) is 17.6 Å². The van der Waals surface area contributed by atoms with Crippen molar-refractivity contribution in [3.05, 3.63) is 11.6 Å². The molecule has 0 N–H and O–H groups in total. The largest absolute Gasteiger partial charge is 0.427 e. The van der Waals surface area contributed by atoms with Gasteiger partial charge in [-0.2, -0.15) is 13.2 Å². The van der Waals surface area contributed by atoms with E-state index >= 15 is 0 Å². The van der Waals surface area contributed by atoms with Gasteiger partial charge in [-0.05, 0) is 33.3 Å². The molecule has 1 aliphatic rings. The Morgan fingerprint density at radius 3 is 2.29 bits per heavy atom. The van der Waals surface area contributed by atoms with Crippen molar-refractivity contribution in [2.24, 2.45) is 0 Å². The first-order valence-corrected chi connectivity index (χ1v) is 5.24. The molecule has 6 heteroatoms. The molecular formula is C11H16F4O2. The number of allylic oxidation sites excluding steroid dienone is 1. The lowest BCUT2D eigenvalue weighted by Gasteiger charge is -2.45. The van der Waals surface area contributed by atoms with Crippen molar-refractivity contribution in [1.29, 1.82) is 0 Å². The summed E-state index contributed by atoms with van der Waals surface area (Å²) in [6.45, 7) is 4.81. The van der Waals surface area contributed by atoms with Crippen LogP contribution in [0.3, 0.4) is 0 Å². The van der Waals surface area contributed by atoms with Crippen LogP contribution in [-0.4, -0.2) is 30.3 Å². The maximum atomic E-state index is 14.1. The molecule has 2 atom stereocenters. The van der Waals surface area contributed by atoms with Crippen molar-refractivity contribution in [1.82, 2.24) is 0 Å². The fraction of sp³-hybridized carbons (Fsp3) is 0.818. The Labute approximate surface area is 97.6 Å². The highest BCUT2D eigenvalue weighted by molar-refractivity contribution is 5.16. The number of hydrogen-bond acceptors (Lipinski definition) is 2. The van der Waals surface area contributed by atoms with Gasteiger partial charge in [-0.25, -0.2) is 4.39 Å². The molecule has 0 amide bonds. The van der Waals surface area contributed by atoms with E-state index in [1.807, 2.05) is 0 Å². The second kappa shape index (κ2) is 4.24. The number of ether oxygens (including phenoxy) is 2. The van der Waals surface area contributed by atoms with Crippen molar-refractivity contribution < 1.29 is 27.0 Å². The van der Waals surface area contributed by atoms with Crippen molar-refractivity contribution in [2.75, 3.05) is 6.61 Å². The third kappa shape index (κ3) is 2.63. The number of hydrogen-bond donors (Lipinski definition) is 0. The molecule has 0 aliphatic carbocycles. The van der Waals surface area contributed by atoms with Crippen molar-refractivity contribution in [3.63, 3.8) is 0 Å². The molecule has 17 heavy (non-hydrogen) atoms.